The molecule has 6 heteroatoms. The van der Waals surface area contributed by atoms with E-state index in [-0.39, 0.29) is 17.5 Å². The minimum atomic E-state index is -2.95. The molecule has 0 spiro atoms. The number of allylic oxidation sites excluding steroid dienone is 1. The number of sulfone groups is 1. The van der Waals surface area contributed by atoms with Crippen molar-refractivity contribution in [2.75, 3.05) is 18.1 Å². The summed E-state index contributed by atoms with van der Waals surface area (Å²) in [4.78, 5) is 2.35. The summed E-state index contributed by atoms with van der Waals surface area (Å²) in [5.41, 5.74) is 1.03. The second-order valence-corrected chi connectivity index (χ2v) is 8.15. The van der Waals surface area contributed by atoms with E-state index in [1.807, 2.05) is 24.0 Å². The third kappa shape index (κ3) is 3.21. The van der Waals surface area contributed by atoms with Crippen LogP contribution in [0.5, 0.6) is 0 Å². The number of hydrogen-bond donors (Lipinski definition) is 0. The molecule has 1 fully saturated rings. The van der Waals surface area contributed by atoms with Gasteiger partial charge in [-0.2, -0.15) is 5.10 Å². The standard InChI is InChI=1S/C15H23N3O2S/c1-2-17-11-13(10-16-17)15-12-21(19,20)9-8-18(15)14-6-4-3-5-7-14/h4,6,10-11,14-15H,2-3,5,7-9,12H2,1H3/t14-,15+/m1/s1. The summed E-state index contributed by atoms with van der Waals surface area (Å²) in [6, 6.07) is 0.307. The Kier molecular flexibility index (Phi) is 4.17. The molecular formula is C15H23N3O2S. The Morgan fingerprint density at radius 3 is 2.95 bits per heavy atom. The van der Waals surface area contributed by atoms with Gasteiger partial charge in [0, 0.05) is 30.9 Å². The van der Waals surface area contributed by atoms with Crippen LogP contribution in [0.2, 0.25) is 0 Å². The highest BCUT2D eigenvalue weighted by Gasteiger charge is 2.36. The lowest BCUT2D eigenvalue weighted by Gasteiger charge is -2.40. The Morgan fingerprint density at radius 2 is 2.29 bits per heavy atom. The molecule has 0 N–H and O–H groups in total. The maximum atomic E-state index is 12.1. The van der Waals surface area contributed by atoms with Gasteiger partial charge in [-0.15, -0.1) is 0 Å². The maximum absolute atomic E-state index is 12.1. The van der Waals surface area contributed by atoms with Crippen molar-refractivity contribution in [3.63, 3.8) is 0 Å². The largest absolute Gasteiger partial charge is 0.288 e. The highest BCUT2D eigenvalue weighted by atomic mass is 32.2. The predicted molar refractivity (Wildman–Crippen MR) is 82.8 cm³/mol. The molecule has 5 nitrogen and oxygen atoms in total. The van der Waals surface area contributed by atoms with Gasteiger partial charge in [-0.1, -0.05) is 12.2 Å². The monoisotopic (exact) mass is 309 g/mol. The summed E-state index contributed by atoms with van der Waals surface area (Å²) in [6.45, 7) is 3.47. The zero-order valence-corrected chi connectivity index (χ0v) is 13.3. The van der Waals surface area contributed by atoms with Crippen LogP contribution in [0.1, 0.15) is 37.8 Å². The number of hydrogen-bond acceptors (Lipinski definition) is 4. The summed E-state index contributed by atoms with van der Waals surface area (Å²) in [7, 11) is -2.95. The van der Waals surface area contributed by atoms with Crippen molar-refractivity contribution in [2.45, 2.75) is 44.8 Å². The first-order valence-electron chi connectivity index (χ1n) is 7.74. The molecule has 0 radical (unpaired) electrons. The van der Waals surface area contributed by atoms with E-state index in [0.29, 0.717) is 12.6 Å². The fourth-order valence-electron chi connectivity index (χ4n) is 3.30. The Hall–Kier alpha value is -1.14. The third-order valence-electron chi connectivity index (χ3n) is 4.49. The molecule has 2 aliphatic rings. The molecule has 21 heavy (non-hydrogen) atoms. The van der Waals surface area contributed by atoms with E-state index in [1.165, 1.54) is 6.42 Å². The van der Waals surface area contributed by atoms with E-state index in [1.54, 1.807) is 0 Å². The van der Waals surface area contributed by atoms with Gasteiger partial charge < -0.3 is 0 Å². The first-order valence-corrected chi connectivity index (χ1v) is 9.56. The molecule has 1 aromatic heterocycles. The van der Waals surface area contributed by atoms with E-state index in [4.69, 9.17) is 0 Å². The fourth-order valence-corrected chi connectivity index (χ4v) is 4.82. The van der Waals surface area contributed by atoms with Crippen LogP contribution in [0.4, 0.5) is 0 Å². The van der Waals surface area contributed by atoms with Crippen LogP contribution < -0.4 is 0 Å². The number of aryl methyl sites for hydroxylation is 1. The highest BCUT2D eigenvalue weighted by molar-refractivity contribution is 7.91. The second-order valence-electron chi connectivity index (χ2n) is 5.92. The van der Waals surface area contributed by atoms with Crippen LogP contribution in [0, 0.1) is 0 Å². The molecule has 1 aromatic rings. The molecule has 0 amide bonds. The average Bonchev–Trinajstić information content (AvgIpc) is 2.96. The zero-order chi connectivity index (χ0) is 14.9. The Balaban J connectivity index is 1.89. The first kappa shape index (κ1) is 14.8. The normalized spacial score (nSPS) is 29.6. The summed E-state index contributed by atoms with van der Waals surface area (Å²) >= 11 is 0. The summed E-state index contributed by atoms with van der Waals surface area (Å²) in [5.74, 6) is 0.489. The van der Waals surface area contributed by atoms with Gasteiger partial charge in [-0.25, -0.2) is 8.42 Å². The van der Waals surface area contributed by atoms with Crippen molar-refractivity contribution >= 4 is 9.84 Å². The van der Waals surface area contributed by atoms with E-state index < -0.39 is 9.84 Å². The quantitative estimate of drug-likeness (QED) is 0.799. The van der Waals surface area contributed by atoms with Gasteiger partial charge in [0.1, 0.15) is 0 Å². The Bertz CT molecular complexity index is 621. The summed E-state index contributed by atoms with van der Waals surface area (Å²) < 4.78 is 26.0. The smallest absolute Gasteiger partial charge is 0.153 e. The van der Waals surface area contributed by atoms with Crippen molar-refractivity contribution in [3.8, 4) is 0 Å². The molecule has 1 aliphatic heterocycles. The van der Waals surface area contributed by atoms with Crippen molar-refractivity contribution in [1.29, 1.82) is 0 Å². The lowest BCUT2D eigenvalue weighted by molar-refractivity contribution is 0.163. The van der Waals surface area contributed by atoms with Gasteiger partial charge in [0.15, 0.2) is 9.84 Å². The van der Waals surface area contributed by atoms with E-state index in [0.717, 1.165) is 24.9 Å². The van der Waals surface area contributed by atoms with Gasteiger partial charge in [0.05, 0.1) is 23.7 Å². The lowest BCUT2D eigenvalue weighted by atomic mass is 9.98. The lowest BCUT2D eigenvalue weighted by Crippen LogP contribution is -2.47. The van der Waals surface area contributed by atoms with Gasteiger partial charge in [-0.05, 0) is 26.2 Å². The van der Waals surface area contributed by atoms with Gasteiger partial charge in [0.25, 0.3) is 0 Å². The Morgan fingerprint density at radius 1 is 1.43 bits per heavy atom. The molecule has 0 aromatic carbocycles. The molecule has 116 valence electrons. The predicted octanol–water partition coefficient (Wildman–Crippen LogP) is 1.78. The SMILES string of the molecule is CCn1cc([C@@H]2CS(=O)(=O)CCN2[C@@H]2C=CCCC2)cn1. The third-order valence-corrected chi connectivity index (χ3v) is 6.12. The topological polar surface area (TPSA) is 55.2 Å². The molecule has 3 rings (SSSR count). The minimum Gasteiger partial charge on any atom is -0.288 e. The Labute approximate surface area is 126 Å². The van der Waals surface area contributed by atoms with Gasteiger partial charge >= 0.3 is 0 Å². The minimum absolute atomic E-state index is 0.0585. The van der Waals surface area contributed by atoms with Gasteiger partial charge in [-0.3, -0.25) is 9.58 Å². The van der Waals surface area contributed by atoms with Crippen molar-refractivity contribution in [2.24, 2.45) is 0 Å². The van der Waals surface area contributed by atoms with Crippen LogP contribution in [-0.2, 0) is 16.4 Å². The van der Waals surface area contributed by atoms with E-state index in [2.05, 4.69) is 22.2 Å². The molecule has 2 atom stereocenters. The molecule has 0 saturated carbocycles. The number of rotatable bonds is 3. The highest BCUT2D eigenvalue weighted by Crippen LogP contribution is 2.31. The molecule has 1 saturated heterocycles. The van der Waals surface area contributed by atoms with Crippen LogP contribution >= 0.6 is 0 Å². The van der Waals surface area contributed by atoms with Crippen molar-refractivity contribution in [3.05, 3.63) is 30.1 Å². The van der Waals surface area contributed by atoms with Crippen molar-refractivity contribution < 1.29 is 8.42 Å². The van der Waals surface area contributed by atoms with Crippen LogP contribution in [-0.4, -0.2) is 47.2 Å². The molecule has 0 unspecified atom stereocenters. The molecule has 2 heterocycles. The first-order chi connectivity index (χ1) is 10.1. The maximum Gasteiger partial charge on any atom is 0.153 e. The van der Waals surface area contributed by atoms with Crippen LogP contribution in [0.3, 0.4) is 0 Å². The number of aromatic nitrogens is 2. The van der Waals surface area contributed by atoms with Crippen LogP contribution in [0.15, 0.2) is 24.5 Å². The second kappa shape index (κ2) is 5.93. The van der Waals surface area contributed by atoms with Crippen molar-refractivity contribution in [1.82, 2.24) is 14.7 Å². The molecule has 0 bridgehead atoms. The average molecular weight is 309 g/mol. The zero-order valence-electron chi connectivity index (χ0n) is 12.5. The van der Waals surface area contributed by atoms with E-state index in [9.17, 15) is 8.42 Å². The number of nitrogens with zero attached hydrogens (tertiary/aromatic N) is 3. The molecular weight excluding hydrogens is 286 g/mol. The summed E-state index contributed by atoms with van der Waals surface area (Å²) in [5, 5.41) is 4.31. The van der Waals surface area contributed by atoms with E-state index >= 15 is 0 Å². The summed E-state index contributed by atoms with van der Waals surface area (Å²) in [6.07, 6.45) is 11.7. The van der Waals surface area contributed by atoms with Gasteiger partial charge in [0.2, 0.25) is 0 Å². The molecule has 1 aliphatic carbocycles. The fraction of sp³-hybridized carbons (Fsp3) is 0.667. The van der Waals surface area contributed by atoms with Crippen LogP contribution in [0.25, 0.3) is 0 Å².